The van der Waals surface area contributed by atoms with E-state index < -0.39 is 0 Å². The maximum Gasteiger partial charge on any atom is 0.218 e. The van der Waals surface area contributed by atoms with Crippen LogP contribution in [0.5, 0.6) is 5.88 Å². The monoisotopic (exact) mass is 223 g/mol. The van der Waals surface area contributed by atoms with Gasteiger partial charge in [0.25, 0.3) is 0 Å². The van der Waals surface area contributed by atoms with Gasteiger partial charge in [0.1, 0.15) is 12.1 Å². The number of aliphatic hydroxyl groups excluding tert-OH is 1. The van der Waals surface area contributed by atoms with Crippen molar-refractivity contribution in [3.63, 3.8) is 0 Å². The lowest BCUT2D eigenvalue weighted by Gasteiger charge is -2.49. The molecular formula is C11H17N3O2. The second-order valence-electron chi connectivity index (χ2n) is 4.72. The Morgan fingerprint density at radius 1 is 1.50 bits per heavy atom. The number of nitrogens with zero attached hydrogens (tertiary/aromatic N) is 2. The number of ether oxygens (including phenoxy) is 1. The highest BCUT2D eigenvalue weighted by Gasteiger charge is 2.47. The van der Waals surface area contributed by atoms with Crippen LogP contribution in [0.3, 0.4) is 0 Å². The molecule has 1 saturated carbocycles. The number of hydrogen-bond acceptors (Lipinski definition) is 5. The zero-order chi connectivity index (χ0) is 11.8. The van der Waals surface area contributed by atoms with Crippen LogP contribution < -0.4 is 10.1 Å². The molecule has 0 amide bonds. The van der Waals surface area contributed by atoms with Crippen molar-refractivity contribution in [2.45, 2.75) is 32.4 Å². The van der Waals surface area contributed by atoms with E-state index in [-0.39, 0.29) is 17.6 Å². The molecule has 0 aromatic carbocycles. The predicted octanol–water partition coefficient (Wildman–Crippen LogP) is 1.06. The average molecular weight is 223 g/mol. The molecule has 88 valence electrons. The molecule has 0 bridgehead atoms. The van der Waals surface area contributed by atoms with Gasteiger partial charge in [0.05, 0.1) is 13.2 Å². The third-order valence-electron chi connectivity index (χ3n) is 3.39. The van der Waals surface area contributed by atoms with Gasteiger partial charge in [-0.05, 0) is 6.42 Å². The molecule has 1 aliphatic rings. The molecule has 5 nitrogen and oxygen atoms in total. The Bertz CT molecular complexity index is 381. The number of hydrogen-bond donors (Lipinski definition) is 2. The molecule has 0 radical (unpaired) electrons. The Labute approximate surface area is 94.9 Å². The third kappa shape index (κ3) is 1.82. The van der Waals surface area contributed by atoms with Crippen LogP contribution in [0.25, 0.3) is 0 Å². The molecule has 16 heavy (non-hydrogen) atoms. The smallest absolute Gasteiger partial charge is 0.218 e. The van der Waals surface area contributed by atoms with Gasteiger partial charge < -0.3 is 15.2 Å². The fourth-order valence-electron chi connectivity index (χ4n) is 1.86. The van der Waals surface area contributed by atoms with Crippen molar-refractivity contribution in [3.05, 3.63) is 12.4 Å². The summed E-state index contributed by atoms with van der Waals surface area (Å²) in [7, 11) is 1.57. The van der Waals surface area contributed by atoms with Gasteiger partial charge in [-0.1, -0.05) is 13.8 Å². The molecular weight excluding hydrogens is 206 g/mol. The topological polar surface area (TPSA) is 67.3 Å². The summed E-state index contributed by atoms with van der Waals surface area (Å²) in [5, 5.41) is 12.9. The third-order valence-corrected chi connectivity index (χ3v) is 3.39. The second kappa shape index (κ2) is 3.90. The first-order valence-electron chi connectivity index (χ1n) is 5.34. The van der Waals surface area contributed by atoms with Crippen molar-refractivity contribution in [3.8, 4) is 5.88 Å². The van der Waals surface area contributed by atoms with E-state index in [9.17, 15) is 5.11 Å². The Hall–Kier alpha value is -1.36. The van der Waals surface area contributed by atoms with Crippen LogP contribution >= 0.6 is 0 Å². The van der Waals surface area contributed by atoms with E-state index in [1.807, 2.05) is 13.8 Å². The Morgan fingerprint density at radius 2 is 2.25 bits per heavy atom. The van der Waals surface area contributed by atoms with Crippen molar-refractivity contribution < 1.29 is 9.84 Å². The van der Waals surface area contributed by atoms with Crippen LogP contribution in [0, 0.1) is 5.41 Å². The highest BCUT2D eigenvalue weighted by molar-refractivity contribution is 5.39. The Kier molecular flexibility index (Phi) is 2.71. The number of rotatable bonds is 3. The van der Waals surface area contributed by atoms with Crippen molar-refractivity contribution in [1.82, 2.24) is 9.97 Å². The maximum absolute atomic E-state index is 9.63. The highest BCUT2D eigenvalue weighted by atomic mass is 16.5. The van der Waals surface area contributed by atoms with E-state index in [1.54, 1.807) is 13.2 Å². The molecule has 1 aromatic heterocycles. The molecule has 5 heteroatoms. The van der Waals surface area contributed by atoms with Crippen molar-refractivity contribution in [1.29, 1.82) is 0 Å². The highest BCUT2D eigenvalue weighted by Crippen LogP contribution is 2.42. The molecule has 2 N–H and O–H groups in total. The van der Waals surface area contributed by atoms with E-state index >= 15 is 0 Å². The molecule has 1 heterocycles. The first-order valence-corrected chi connectivity index (χ1v) is 5.34. The molecule has 2 unspecified atom stereocenters. The molecule has 0 saturated heterocycles. The summed E-state index contributed by atoms with van der Waals surface area (Å²) in [6, 6.07) is 1.99. The van der Waals surface area contributed by atoms with Crippen molar-refractivity contribution >= 4 is 5.82 Å². The van der Waals surface area contributed by atoms with E-state index in [0.717, 1.165) is 12.2 Å². The van der Waals surface area contributed by atoms with Crippen molar-refractivity contribution in [2.75, 3.05) is 12.4 Å². The number of nitrogens with one attached hydrogen (secondary N) is 1. The van der Waals surface area contributed by atoms with Gasteiger partial charge in [0, 0.05) is 17.5 Å². The van der Waals surface area contributed by atoms with Crippen LogP contribution in [-0.4, -0.2) is 34.3 Å². The number of anilines is 1. The van der Waals surface area contributed by atoms with Crippen LogP contribution in [0.4, 0.5) is 5.82 Å². The minimum atomic E-state index is -0.242. The lowest BCUT2D eigenvalue weighted by Crippen LogP contribution is -2.57. The van der Waals surface area contributed by atoms with E-state index in [4.69, 9.17) is 4.74 Å². The average Bonchev–Trinajstić information content (AvgIpc) is 2.29. The van der Waals surface area contributed by atoms with Crippen LogP contribution in [0.1, 0.15) is 20.3 Å². The Morgan fingerprint density at radius 3 is 2.81 bits per heavy atom. The van der Waals surface area contributed by atoms with E-state index in [0.29, 0.717) is 5.88 Å². The summed E-state index contributed by atoms with van der Waals surface area (Å²) in [4.78, 5) is 8.05. The summed E-state index contributed by atoms with van der Waals surface area (Å²) in [6.07, 6.45) is 1.97. The van der Waals surface area contributed by atoms with Crippen molar-refractivity contribution in [2.24, 2.45) is 5.41 Å². The van der Waals surface area contributed by atoms with Gasteiger partial charge in [-0.25, -0.2) is 9.97 Å². The van der Waals surface area contributed by atoms with Gasteiger partial charge >= 0.3 is 0 Å². The summed E-state index contributed by atoms with van der Waals surface area (Å²) in [6.45, 7) is 4.08. The fourth-order valence-corrected chi connectivity index (χ4v) is 1.86. The first-order chi connectivity index (χ1) is 7.54. The lowest BCUT2D eigenvalue weighted by atomic mass is 9.64. The van der Waals surface area contributed by atoms with Gasteiger partial charge in [-0.15, -0.1) is 0 Å². The largest absolute Gasteiger partial charge is 0.481 e. The second-order valence-corrected chi connectivity index (χ2v) is 4.72. The van der Waals surface area contributed by atoms with Crippen LogP contribution in [0.2, 0.25) is 0 Å². The quantitative estimate of drug-likeness (QED) is 0.802. The summed E-state index contributed by atoms with van der Waals surface area (Å²) >= 11 is 0. The van der Waals surface area contributed by atoms with Crippen LogP contribution in [0.15, 0.2) is 12.4 Å². The number of aromatic nitrogens is 2. The summed E-state index contributed by atoms with van der Waals surface area (Å²) < 4.78 is 5.02. The predicted molar refractivity (Wildman–Crippen MR) is 60.4 cm³/mol. The van der Waals surface area contributed by atoms with Gasteiger partial charge in [0.15, 0.2) is 0 Å². The zero-order valence-electron chi connectivity index (χ0n) is 9.77. The number of aliphatic hydroxyl groups is 1. The summed E-state index contributed by atoms with van der Waals surface area (Å²) in [5.74, 6) is 1.27. The molecule has 1 aromatic rings. The fraction of sp³-hybridized carbons (Fsp3) is 0.636. The Balaban J connectivity index is 2.05. The normalized spacial score (nSPS) is 27.0. The SMILES string of the molecule is COc1cc(NC2CC(O)C2(C)C)ncn1. The molecule has 0 aliphatic heterocycles. The molecule has 1 aliphatic carbocycles. The van der Waals surface area contributed by atoms with E-state index in [1.165, 1.54) is 6.33 Å². The molecule has 0 spiro atoms. The molecule has 2 atom stereocenters. The van der Waals surface area contributed by atoms with Gasteiger partial charge in [-0.2, -0.15) is 0 Å². The van der Waals surface area contributed by atoms with Gasteiger partial charge in [0.2, 0.25) is 5.88 Å². The standard InChI is InChI=1S/C11H17N3O2/c1-11(2)7(4-8(11)15)14-9-5-10(16-3)13-6-12-9/h5-8,15H,4H2,1-3H3,(H,12,13,14). The summed E-state index contributed by atoms with van der Waals surface area (Å²) in [5.41, 5.74) is -0.113. The molecule has 2 rings (SSSR count). The number of methoxy groups -OCH3 is 1. The van der Waals surface area contributed by atoms with Gasteiger partial charge in [-0.3, -0.25) is 0 Å². The zero-order valence-corrected chi connectivity index (χ0v) is 9.77. The maximum atomic E-state index is 9.63. The lowest BCUT2D eigenvalue weighted by molar-refractivity contribution is -0.0511. The van der Waals surface area contributed by atoms with E-state index in [2.05, 4.69) is 15.3 Å². The minimum Gasteiger partial charge on any atom is -0.481 e. The first kappa shape index (κ1) is 11.1. The minimum absolute atomic E-state index is 0.113. The molecule has 1 fully saturated rings. The van der Waals surface area contributed by atoms with Crippen LogP contribution in [-0.2, 0) is 0 Å².